The summed E-state index contributed by atoms with van der Waals surface area (Å²) >= 11 is 0. The lowest BCUT2D eigenvalue weighted by Gasteiger charge is -2.27. The molecule has 1 aromatic carbocycles. The highest BCUT2D eigenvalue weighted by atomic mass is 16.5. The van der Waals surface area contributed by atoms with E-state index in [4.69, 9.17) is 0 Å². The minimum Gasteiger partial charge on any atom is -0.466 e. The van der Waals surface area contributed by atoms with E-state index in [1.807, 2.05) is 24.3 Å². The highest BCUT2D eigenvalue weighted by Crippen LogP contribution is 2.28. The van der Waals surface area contributed by atoms with E-state index in [0.29, 0.717) is 0 Å². The molecule has 0 aliphatic carbocycles. The van der Waals surface area contributed by atoms with Gasteiger partial charge in [-0.25, -0.2) is 4.79 Å². The van der Waals surface area contributed by atoms with Gasteiger partial charge in [0.2, 0.25) is 5.91 Å². The van der Waals surface area contributed by atoms with E-state index >= 15 is 0 Å². The molecule has 5 nitrogen and oxygen atoms in total. The summed E-state index contributed by atoms with van der Waals surface area (Å²) in [6, 6.07) is 7.39. The van der Waals surface area contributed by atoms with Crippen LogP contribution >= 0.6 is 0 Å². The molecule has 2 rings (SSSR count). The molecule has 0 radical (unpaired) electrons. The highest BCUT2D eigenvalue weighted by molar-refractivity contribution is 6.01. The lowest BCUT2D eigenvalue weighted by molar-refractivity contribution is -0.134. The molecule has 0 spiro atoms. The summed E-state index contributed by atoms with van der Waals surface area (Å²) in [5, 5.41) is 2.76. The summed E-state index contributed by atoms with van der Waals surface area (Å²) in [6.07, 6.45) is 2.83. The first-order chi connectivity index (χ1) is 8.20. The Balaban J connectivity index is 2.27. The molecule has 1 heterocycles. The molecule has 1 aromatic rings. The second-order valence-electron chi connectivity index (χ2n) is 3.53. The van der Waals surface area contributed by atoms with Crippen LogP contribution in [0.2, 0.25) is 0 Å². The number of benzene rings is 1. The summed E-state index contributed by atoms with van der Waals surface area (Å²) in [7, 11) is 1.31. The zero-order valence-corrected chi connectivity index (χ0v) is 9.34. The van der Waals surface area contributed by atoms with Crippen LogP contribution in [-0.2, 0) is 14.3 Å². The largest absolute Gasteiger partial charge is 0.466 e. The van der Waals surface area contributed by atoms with Crippen molar-refractivity contribution in [2.24, 2.45) is 0 Å². The third-order valence-corrected chi connectivity index (χ3v) is 2.39. The smallest absolute Gasteiger partial charge is 0.331 e. The Morgan fingerprint density at radius 2 is 2.24 bits per heavy atom. The number of nitrogens with zero attached hydrogens (tertiary/aromatic N) is 1. The van der Waals surface area contributed by atoms with Crippen molar-refractivity contribution in [1.82, 2.24) is 0 Å². The first-order valence-electron chi connectivity index (χ1n) is 5.12. The van der Waals surface area contributed by atoms with Gasteiger partial charge in [-0.3, -0.25) is 4.79 Å². The van der Waals surface area contributed by atoms with Gasteiger partial charge in [0.1, 0.15) is 6.54 Å². The van der Waals surface area contributed by atoms with E-state index in [-0.39, 0.29) is 12.5 Å². The van der Waals surface area contributed by atoms with Gasteiger partial charge >= 0.3 is 5.97 Å². The summed E-state index contributed by atoms with van der Waals surface area (Å²) in [4.78, 5) is 24.2. The second kappa shape index (κ2) is 4.69. The van der Waals surface area contributed by atoms with Crippen LogP contribution in [0.25, 0.3) is 0 Å². The highest BCUT2D eigenvalue weighted by Gasteiger charge is 2.19. The van der Waals surface area contributed by atoms with Crippen LogP contribution in [-0.4, -0.2) is 25.5 Å². The molecule has 1 N–H and O–H groups in total. The first kappa shape index (κ1) is 11.2. The van der Waals surface area contributed by atoms with E-state index < -0.39 is 5.97 Å². The Hall–Kier alpha value is -2.30. The van der Waals surface area contributed by atoms with Crippen LogP contribution in [0.15, 0.2) is 36.5 Å². The Bertz CT molecular complexity index is 482. The Morgan fingerprint density at radius 3 is 3.00 bits per heavy atom. The minimum absolute atomic E-state index is 0.113. The van der Waals surface area contributed by atoms with Crippen molar-refractivity contribution in [3.8, 4) is 0 Å². The van der Waals surface area contributed by atoms with Gasteiger partial charge in [0.05, 0.1) is 18.5 Å². The molecule has 0 saturated heterocycles. The fourth-order valence-electron chi connectivity index (χ4n) is 1.61. The maximum Gasteiger partial charge on any atom is 0.331 e. The number of rotatable bonds is 2. The summed E-state index contributed by atoms with van der Waals surface area (Å²) in [6.45, 7) is 0.185. The third-order valence-electron chi connectivity index (χ3n) is 2.39. The predicted molar refractivity (Wildman–Crippen MR) is 63.6 cm³/mol. The van der Waals surface area contributed by atoms with Crippen molar-refractivity contribution in [2.45, 2.75) is 0 Å². The number of carbonyl (C=O) groups is 2. The molecular weight excluding hydrogens is 220 g/mol. The number of anilines is 2. The molecule has 1 aliphatic rings. The molecule has 0 aromatic heterocycles. The van der Waals surface area contributed by atoms with Gasteiger partial charge in [-0.2, -0.15) is 0 Å². The van der Waals surface area contributed by atoms with Gasteiger partial charge in [-0.1, -0.05) is 12.1 Å². The topological polar surface area (TPSA) is 58.6 Å². The number of carbonyl (C=O) groups excluding carboxylic acids is 2. The average molecular weight is 232 g/mol. The quantitative estimate of drug-likeness (QED) is 0.613. The Morgan fingerprint density at radius 1 is 1.47 bits per heavy atom. The van der Waals surface area contributed by atoms with Crippen molar-refractivity contribution in [3.63, 3.8) is 0 Å². The number of hydrogen-bond donors (Lipinski definition) is 1. The standard InChI is InChI=1S/C12H12N2O3/c1-17-12(16)6-7-14-8-11(15)13-9-4-2-3-5-10(9)14/h2-7H,8H2,1H3,(H,13,15). The van der Waals surface area contributed by atoms with E-state index in [1.54, 1.807) is 11.1 Å². The van der Waals surface area contributed by atoms with Gasteiger partial charge in [0.15, 0.2) is 0 Å². The van der Waals surface area contributed by atoms with Gasteiger partial charge in [0, 0.05) is 12.3 Å². The molecule has 1 aliphatic heterocycles. The van der Waals surface area contributed by atoms with E-state index in [9.17, 15) is 9.59 Å². The molecule has 5 heteroatoms. The van der Waals surface area contributed by atoms with Crippen LogP contribution in [0.4, 0.5) is 11.4 Å². The number of amides is 1. The zero-order valence-electron chi connectivity index (χ0n) is 9.34. The van der Waals surface area contributed by atoms with E-state index in [0.717, 1.165) is 11.4 Å². The minimum atomic E-state index is -0.450. The van der Waals surface area contributed by atoms with E-state index in [2.05, 4.69) is 10.1 Å². The Labute approximate surface area is 98.7 Å². The molecule has 17 heavy (non-hydrogen) atoms. The number of nitrogens with one attached hydrogen (secondary N) is 1. The van der Waals surface area contributed by atoms with Crippen LogP contribution in [0.5, 0.6) is 0 Å². The maximum atomic E-state index is 11.4. The predicted octanol–water partition coefficient (Wildman–Crippen LogP) is 1.13. The molecule has 0 bridgehead atoms. The molecule has 0 fully saturated rings. The lowest BCUT2D eigenvalue weighted by atomic mass is 10.2. The SMILES string of the molecule is COC(=O)C=CN1CC(=O)Nc2ccccc21. The number of para-hydroxylation sites is 2. The van der Waals surface area contributed by atoms with Crippen LogP contribution in [0, 0.1) is 0 Å². The van der Waals surface area contributed by atoms with Gasteiger partial charge < -0.3 is 15.0 Å². The second-order valence-corrected chi connectivity index (χ2v) is 3.53. The third kappa shape index (κ3) is 2.44. The molecule has 0 unspecified atom stereocenters. The first-order valence-corrected chi connectivity index (χ1v) is 5.12. The molecular formula is C12H12N2O3. The maximum absolute atomic E-state index is 11.4. The number of methoxy groups -OCH3 is 1. The molecule has 1 amide bonds. The van der Waals surface area contributed by atoms with Gasteiger partial charge in [-0.05, 0) is 12.1 Å². The van der Waals surface area contributed by atoms with Crippen molar-refractivity contribution >= 4 is 23.3 Å². The molecule has 0 atom stereocenters. The van der Waals surface area contributed by atoms with Crippen molar-refractivity contribution in [2.75, 3.05) is 23.9 Å². The van der Waals surface area contributed by atoms with E-state index in [1.165, 1.54) is 13.2 Å². The zero-order chi connectivity index (χ0) is 12.3. The fraction of sp³-hybridized carbons (Fsp3) is 0.167. The number of esters is 1. The van der Waals surface area contributed by atoms with Crippen molar-refractivity contribution in [3.05, 3.63) is 36.5 Å². The molecule has 88 valence electrons. The van der Waals surface area contributed by atoms with Crippen LogP contribution in [0.3, 0.4) is 0 Å². The molecule has 0 saturated carbocycles. The summed E-state index contributed by atoms with van der Waals surface area (Å²) in [5.41, 5.74) is 1.59. The van der Waals surface area contributed by atoms with Crippen molar-refractivity contribution in [1.29, 1.82) is 0 Å². The monoisotopic (exact) mass is 232 g/mol. The number of hydrogen-bond acceptors (Lipinski definition) is 4. The average Bonchev–Trinajstić information content (AvgIpc) is 2.35. The summed E-state index contributed by atoms with van der Waals surface area (Å²) < 4.78 is 4.50. The number of fused-ring (bicyclic) bond motifs is 1. The summed E-state index contributed by atoms with van der Waals surface area (Å²) in [5.74, 6) is -0.563. The normalized spacial score (nSPS) is 14.4. The van der Waals surface area contributed by atoms with Gasteiger partial charge in [-0.15, -0.1) is 0 Å². The number of ether oxygens (including phenoxy) is 1. The lowest BCUT2D eigenvalue weighted by Crippen LogP contribution is -2.34. The van der Waals surface area contributed by atoms with Crippen molar-refractivity contribution < 1.29 is 14.3 Å². The van der Waals surface area contributed by atoms with Crippen LogP contribution in [0.1, 0.15) is 0 Å². The van der Waals surface area contributed by atoms with Crippen LogP contribution < -0.4 is 10.2 Å². The van der Waals surface area contributed by atoms with Gasteiger partial charge in [0.25, 0.3) is 0 Å². The fourth-order valence-corrected chi connectivity index (χ4v) is 1.61. The Kier molecular flexibility index (Phi) is 3.09.